The van der Waals surface area contributed by atoms with Crippen molar-refractivity contribution in [3.8, 4) is 5.75 Å². The zero-order valence-electron chi connectivity index (χ0n) is 10.0. The Labute approximate surface area is 111 Å². The number of hydrogen-bond donors (Lipinski definition) is 3. The fraction of sp³-hybridized carbons (Fsp3) is 0.462. The van der Waals surface area contributed by atoms with Gasteiger partial charge in [0.25, 0.3) is 5.91 Å². The van der Waals surface area contributed by atoms with E-state index in [1.54, 1.807) is 6.07 Å². The Morgan fingerprint density at radius 1 is 1.50 bits per heavy atom. The molecule has 1 aliphatic carbocycles. The summed E-state index contributed by atoms with van der Waals surface area (Å²) in [6.45, 7) is 0.598. The zero-order valence-corrected chi connectivity index (χ0v) is 10.8. The summed E-state index contributed by atoms with van der Waals surface area (Å²) < 4.78 is 0. The van der Waals surface area contributed by atoms with Crippen molar-refractivity contribution in [1.82, 2.24) is 5.32 Å². The van der Waals surface area contributed by atoms with Crippen molar-refractivity contribution in [3.05, 3.63) is 28.8 Å². The van der Waals surface area contributed by atoms with E-state index in [4.69, 9.17) is 17.3 Å². The summed E-state index contributed by atoms with van der Waals surface area (Å²) in [5, 5.41) is 12.5. The van der Waals surface area contributed by atoms with Gasteiger partial charge in [-0.3, -0.25) is 4.79 Å². The van der Waals surface area contributed by atoms with Crippen molar-refractivity contribution in [2.45, 2.75) is 25.3 Å². The monoisotopic (exact) mass is 268 g/mol. The summed E-state index contributed by atoms with van der Waals surface area (Å²) in [5.41, 5.74) is 6.14. The Morgan fingerprint density at radius 2 is 2.28 bits per heavy atom. The van der Waals surface area contributed by atoms with E-state index in [0.717, 1.165) is 19.3 Å². The molecule has 1 aliphatic rings. The van der Waals surface area contributed by atoms with Crippen LogP contribution < -0.4 is 11.1 Å². The van der Waals surface area contributed by atoms with E-state index in [2.05, 4.69) is 5.32 Å². The van der Waals surface area contributed by atoms with Gasteiger partial charge in [0.2, 0.25) is 0 Å². The minimum Gasteiger partial charge on any atom is -0.506 e. The van der Waals surface area contributed by atoms with E-state index < -0.39 is 0 Å². The number of carbonyl (C=O) groups excluding carboxylic acids is 1. The molecule has 0 aromatic heterocycles. The molecule has 4 nitrogen and oxygen atoms in total. The van der Waals surface area contributed by atoms with Crippen LogP contribution in [0.25, 0.3) is 0 Å². The summed E-state index contributed by atoms with van der Waals surface area (Å²) in [5.74, 6) is 0.178. The van der Waals surface area contributed by atoms with Gasteiger partial charge in [-0.1, -0.05) is 18.0 Å². The molecular formula is C13H17ClN2O2. The second-order valence-corrected chi connectivity index (χ2v) is 5.08. The molecule has 2 atom stereocenters. The van der Waals surface area contributed by atoms with Crippen LogP contribution >= 0.6 is 11.6 Å². The minimum atomic E-state index is -0.165. The largest absolute Gasteiger partial charge is 0.506 e. The molecule has 4 N–H and O–H groups in total. The van der Waals surface area contributed by atoms with Crippen LogP contribution in [0, 0.1) is 5.92 Å². The summed E-state index contributed by atoms with van der Waals surface area (Å²) in [7, 11) is 0. The number of hydrogen-bond acceptors (Lipinski definition) is 3. The highest BCUT2D eigenvalue weighted by Gasteiger charge is 2.27. The molecule has 1 amide bonds. The first-order valence-electron chi connectivity index (χ1n) is 6.11. The first-order chi connectivity index (χ1) is 8.61. The number of rotatable bonds is 3. The summed E-state index contributed by atoms with van der Waals surface area (Å²) >= 11 is 5.78. The molecule has 0 radical (unpaired) electrons. The highest BCUT2D eigenvalue weighted by molar-refractivity contribution is 6.32. The number of nitrogens with one attached hydrogen (secondary N) is 1. The van der Waals surface area contributed by atoms with E-state index >= 15 is 0 Å². The van der Waals surface area contributed by atoms with E-state index in [1.165, 1.54) is 12.1 Å². The lowest BCUT2D eigenvalue weighted by molar-refractivity contribution is 0.0929. The topological polar surface area (TPSA) is 75.3 Å². The molecule has 5 heteroatoms. The molecule has 2 unspecified atom stereocenters. The van der Waals surface area contributed by atoms with Crippen molar-refractivity contribution in [2.24, 2.45) is 11.7 Å². The van der Waals surface area contributed by atoms with Crippen LogP contribution in [0.1, 0.15) is 29.6 Å². The van der Waals surface area contributed by atoms with Gasteiger partial charge in [0.1, 0.15) is 5.75 Å². The van der Waals surface area contributed by atoms with E-state index in [0.29, 0.717) is 18.0 Å². The van der Waals surface area contributed by atoms with Crippen LogP contribution in [-0.4, -0.2) is 23.6 Å². The number of phenols is 1. The van der Waals surface area contributed by atoms with E-state index in [9.17, 15) is 9.90 Å². The first-order valence-corrected chi connectivity index (χ1v) is 6.49. The van der Waals surface area contributed by atoms with E-state index in [1.807, 2.05) is 0 Å². The fourth-order valence-electron chi connectivity index (χ4n) is 2.41. The molecule has 1 saturated carbocycles. The van der Waals surface area contributed by atoms with Crippen molar-refractivity contribution in [1.29, 1.82) is 0 Å². The molecule has 98 valence electrons. The summed E-state index contributed by atoms with van der Waals surface area (Å²) in [4.78, 5) is 12.0. The number of amides is 1. The van der Waals surface area contributed by atoms with Crippen LogP contribution in [0.3, 0.4) is 0 Å². The number of carbonyl (C=O) groups is 1. The molecule has 1 aromatic rings. The number of phenolic OH excluding ortho intramolecular Hbond substituents is 1. The van der Waals surface area contributed by atoms with Crippen LogP contribution in [0.2, 0.25) is 5.02 Å². The molecule has 18 heavy (non-hydrogen) atoms. The van der Waals surface area contributed by atoms with Gasteiger partial charge >= 0.3 is 0 Å². The molecule has 0 heterocycles. The molecule has 2 rings (SSSR count). The van der Waals surface area contributed by atoms with E-state index in [-0.39, 0.29) is 22.7 Å². The third-order valence-corrected chi connectivity index (χ3v) is 3.79. The first kappa shape index (κ1) is 13.2. The van der Waals surface area contributed by atoms with Gasteiger partial charge in [0.05, 0.1) is 5.02 Å². The highest BCUT2D eigenvalue weighted by Crippen LogP contribution is 2.26. The molecule has 0 bridgehead atoms. The Morgan fingerprint density at radius 3 is 2.94 bits per heavy atom. The van der Waals surface area contributed by atoms with Gasteiger partial charge < -0.3 is 16.2 Å². The van der Waals surface area contributed by atoms with Gasteiger partial charge in [-0.15, -0.1) is 0 Å². The Kier molecular flexibility index (Phi) is 4.09. The normalized spacial score (nSPS) is 23.0. The zero-order chi connectivity index (χ0) is 13.1. The number of aromatic hydroxyl groups is 1. The lowest BCUT2D eigenvalue weighted by Gasteiger charge is -2.19. The Balaban J connectivity index is 2.05. The maximum Gasteiger partial charge on any atom is 0.251 e. The maximum absolute atomic E-state index is 12.0. The molecule has 0 aliphatic heterocycles. The van der Waals surface area contributed by atoms with Crippen molar-refractivity contribution in [2.75, 3.05) is 6.54 Å². The Bertz CT molecular complexity index is 451. The number of nitrogens with two attached hydrogens (primary N) is 1. The average molecular weight is 269 g/mol. The van der Waals surface area contributed by atoms with Gasteiger partial charge in [-0.05, 0) is 43.5 Å². The van der Waals surface area contributed by atoms with Crippen LogP contribution in [0.5, 0.6) is 5.75 Å². The van der Waals surface area contributed by atoms with Crippen LogP contribution in [0.4, 0.5) is 0 Å². The number of halogens is 1. The predicted octanol–water partition coefficient (Wildman–Crippen LogP) is 1.90. The van der Waals surface area contributed by atoms with Crippen LogP contribution in [0.15, 0.2) is 18.2 Å². The Hall–Kier alpha value is -1.26. The van der Waals surface area contributed by atoms with Crippen molar-refractivity contribution < 1.29 is 9.90 Å². The second kappa shape index (κ2) is 5.59. The molecule has 0 saturated heterocycles. The lowest BCUT2D eigenvalue weighted by atomic mass is 10.0. The summed E-state index contributed by atoms with van der Waals surface area (Å²) in [6, 6.07) is 4.60. The predicted molar refractivity (Wildman–Crippen MR) is 70.8 cm³/mol. The van der Waals surface area contributed by atoms with Crippen molar-refractivity contribution in [3.63, 3.8) is 0 Å². The standard InChI is InChI=1S/C13H17ClN2O2/c14-10-6-8(4-5-12(10)17)13(18)16-11-3-1-2-9(11)7-15/h4-6,9,11,17H,1-3,7,15H2,(H,16,18). The van der Waals surface area contributed by atoms with Crippen LogP contribution in [-0.2, 0) is 0 Å². The van der Waals surface area contributed by atoms with Gasteiger partial charge in [-0.25, -0.2) is 0 Å². The highest BCUT2D eigenvalue weighted by atomic mass is 35.5. The van der Waals surface area contributed by atoms with Gasteiger partial charge in [-0.2, -0.15) is 0 Å². The molecule has 0 spiro atoms. The molecular weight excluding hydrogens is 252 g/mol. The van der Waals surface area contributed by atoms with Gasteiger partial charge in [0, 0.05) is 11.6 Å². The fourth-order valence-corrected chi connectivity index (χ4v) is 2.59. The smallest absolute Gasteiger partial charge is 0.251 e. The van der Waals surface area contributed by atoms with Gasteiger partial charge in [0.15, 0.2) is 0 Å². The third-order valence-electron chi connectivity index (χ3n) is 3.49. The third kappa shape index (κ3) is 2.76. The average Bonchev–Trinajstić information content (AvgIpc) is 2.79. The molecule has 1 fully saturated rings. The second-order valence-electron chi connectivity index (χ2n) is 4.67. The maximum atomic E-state index is 12.0. The molecule has 1 aromatic carbocycles. The SMILES string of the molecule is NCC1CCCC1NC(=O)c1ccc(O)c(Cl)c1. The minimum absolute atomic E-state index is 0.0195. The quantitative estimate of drug-likeness (QED) is 0.784. The van der Waals surface area contributed by atoms with Crippen molar-refractivity contribution >= 4 is 17.5 Å². The summed E-state index contributed by atoms with van der Waals surface area (Å²) in [6.07, 6.45) is 3.14. The lowest BCUT2D eigenvalue weighted by Crippen LogP contribution is -2.39. The number of benzene rings is 1.